The van der Waals surface area contributed by atoms with Crippen molar-refractivity contribution in [3.05, 3.63) is 36.7 Å². The van der Waals surface area contributed by atoms with Crippen molar-refractivity contribution in [2.45, 2.75) is 0 Å². The van der Waals surface area contributed by atoms with Crippen LogP contribution in [-0.2, 0) is 0 Å². The van der Waals surface area contributed by atoms with Crippen molar-refractivity contribution in [1.29, 1.82) is 0 Å². The standard InChI is InChI=1S/C9H10FN3/c1-2-5-13-9-4-3-7(10)6-8(9)11-12-13/h2-4,6,11-12H,1,5H2. The van der Waals surface area contributed by atoms with E-state index >= 15 is 0 Å². The molecular weight excluding hydrogens is 169 g/mol. The quantitative estimate of drug-likeness (QED) is 0.676. The van der Waals surface area contributed by atoms with Crippen LogP contribution in [0.2, 0.25) is 0 Å². The molecule has 4 heteroatoms. The summed E-state index contributed by atoms with van der Waals surface area (Å²) < 4.78 is 12.8. The molecule has 2 rings (SSSR count). The summed E-state index contributed by atoms with van der Waals surface area (Å²) in [5.41, 5.74) is 7.44. The third kappa shape index (κ3) is 1.36. The summed E-state index contributed by atoms with van der Waals surface area (Å²) in [4.78, 5) is 0. The fraction of sp³-hybridized carbons (Fsp3) is 0.111. The lowest BCUT2D eigenvalue weighted by molar-refractivity contribution is 0.628. The number of nitrogens with one attached hydrogen (secondary N) is 2. The lowest BCUT2D eigenvalue weighted by atomic mass is 10.2. The minimum absolute atomic E-state index is 0.242. The molecule has 13 heavy (non-hydrogen) atoms. The highest BCUT2D eigenvalue weighted by molar-refractivity contribution is 5.73. The molecule has 2 N–H and O–H groups in total. The molecule has 1 aliphatic heterocycles. The molecule has 3 nitrogen and oxygen atoms in total. The summed E-state index contributed by atoms with van der Waals surface area (Å²) in [5, 5.41) is 1.85. The fourth-order valence-electron chi connectivity index (χ4n) is 1.30. The summed E-state index contributed by atoms with van der Waals surface area (Å²) in [7, 11) is 0. The molecule has 68 valence electrons. The van der Waals surface area contributed by atoms with Gasteiger partial charge in [0.05, 0.1) is 17.9 Å². The Bertz CT molecular complexity index is 338. The molecule has 0 amide bonds. The second-order valence-electron chi connectivity index (χ2n) is 2.80. The summed E-state index contributed by atoms with van der Waals surface area (Å²) >= 11 is 0. The van der Waals surface area contributed by atoms with Crippen LogP contribution in [0.25, 0.3) is 0 Å². The van der Waals surface area contributed by atoms with Crippen LogP contribution in [0.4, 0.5) is 15.8 Å². The Morgan fingerprint density at radius 1 is 1.54 bits per heavy atom. The molecule has 1 aromatic carbocycles. The monoisotopic (exact) mass is 179 g/mol. The van der Waals surface area contributed by atoms with Crippen molar-refractivity contribution in [1.82, 2.24) is 5.53 Å². The Morgan fingerprint density at radius 3 is 3.15 bits per heavy atom. The van der Waals surface area contributed by atoms with E-state index in [0.29, 0.717) is 6.54 Å². The van der Waals surface area contributed by atoms with Crippen molar-refractivity contribution in [3.8, 4) is 0 Å². The van der Waals surface area contributed by atoms with Crippen LogP contribution in [0.1, 0.15) is 0 Å². The number of hydrazine groups is 2. The molecule has 0 saturated heterocycles. The molecule has 0 aliphatic carbocycles. The summed E-state index contributed by atoms with van der Waals surface area (Å²) in [6.45, 7) is 4.30. The van der Waals surface area contributed by atoms with Crippen LogP contribution < -0.4 is 16.0 Å². The number of hydrogen-bond acceptors (Lipinski definition) is 3. The van der Waals surface area contributed by atoms with E-state index in [2.05, 4.69) is 17.5 Å². The molecule has 1 aromatic rings. The highest BCUT2D eigenvalue weighted by Gasteiger charge is 2.16. The number of benzene rings is 1. The van der Waals surface area contributed by atoms with Gasteiger partial charge in [-0.3, -0.25) is 5.01 Å². The Hall–Kier alpha value is -1.55. The second kappa shape index (κ2) is 3.06. The zero-order valence-corrected chi connectivity index (χ0v) is 7.05. The third-order valence-electron chi connectivity index (χ3n) is 1.89. The zero-order chi connectivity index (χ0) is 9.26. The average molecular weight is 179 g/mol. The second-order valence-corrected chi connectivity index (χ2v) is 2.80. The molecule has 0 aromatic heterocycles. The maximum Gasteiger partial charge on any atom is 0.125 e. The Kier molecular flexibility index (Phi) is 1.90. The lowest BCUT2D eigenvalue weighted by Gasteiger charge is -2.14. The molecule has 1 aliphatic rings. The number of hydrogen-bond donors (Lipinski definition) is 2. The van der Waals surface area contributed by atoms with Gasteiger partial charge in [-0.2, -0.15) is 0 Å². The van der Waals surface area contributed by atoms with Gasteiger partial charge in [0, 0.05) is 6.07 Å². The van der Waals surface area contributed by atoms with Crippen molar-refractivity contribution in [2.24, 2.45) is 0 Å². The molecule has 1 heterocycles. The predicted molar refractivity (Wildman–Crippen MR) is 50.7 cm³/mol. The molecule has 0 saturated carbocycles. The number of anilines is 2. The Labute approximate surface area is 75.8 Å². The molecule has 0 bridgehead atoms. The SMILES string of the molecule is C=CCN1NNc2cc(F)ccc21. The largest absolute Gasteiger partial charge is 0.302 e. The molecule has 0 unspecified atom stereocenters. The summed E-state index contributed by atoms with van der Waals surface area (Å²) in [5.74, 6) is -0.242. The lowest BCUT2D eigenvalue weighted by Crippen LogP contribution is -2.35. The van der Waals surface area contributed by atoms with Gasteiger partial charge in [0.25, 0.3) is 0 Å². The molecule has 0 radical (unpaired) electrons. The van der Waals surface area contributed by atoms with Gasteiger partial charge in [0.2, 0.25) is 0 Å². The smallest absolute Gasteiger partial charge is 0.125 e. The molecule has 0 spiro atoms. The fourth-order valence-corrected chi connectivity index (χ4v) is 1.30. The van der Waals surface area contributed by atoms with Gasteiger partial charge in [0.1, 0.15) is 5.82 Å². The van der Waals surface area contributed by atoms with Gasteiger partial charge in [-0.05, 0) is 12.1 Å². The van der Waals surface area contributed by atoms with Crippen LogP contribution in [0.5, 0.6) is 0 Å². The molecule has 0 fully saturated rings. The van der Waals surface area contributed by atoms with Gasteiger partial charge < -0.3 is 5.43 Å². The van der Waals surface area contributed by atoms with E-state index < -0.39 is 0 Å². The van der Waals surface area contributed by atoms with E-state index in [9.17, 15) is 4.39 Å². The van der Waals surface area contributed by atoms with Gasteiger partial charge in [-0.1, -0.05) is 6.08 Å². The maximum absolute atomic E-state index is 12.8. The van der Waals surface area contributed by atoms with Gasteiger partial charge in [-0.15, -0.1) is 12.1 Å². The number of fused-ring (bicyclic) bond motifs is 1. The highest BCUT2D eigenvalue weighted by Crippen LogP contribution is 2.28. The van der Waals surface area contributed by atoms with E-state index in [0.717, 1.165) is 11.4 Å². The summed E-state index contributed by atoms with van der Waals surface area (Å²) in [6.07, 6.45) is 1.77. The van der Waals surface area contributed by atoms with Crippen molar-refractivity contribution >= 4 is 11.4 Å². The van der Waals surface area contributed by atoms with Crippen LogP contribution in [0.3, 0.4) is 0 Å². The molecule has 0 atom stereocenters. The first-order valence-corrected chi connectivity index (χ1v) is 4.01. The maximum atomic E-state index is 12.8. The van der Waals surface area contributed by atoms with Crippen LogP contribution in [0.15, 0.2) is 30.9 Å². The minimum Gasteiger partial charge on any atom is -0.302 e. The Morgan fingerprint density at radius 2 is 2.38 bits per heavy atom. The van der Waals surface area contributed by atoms with Crippen molar-refractivity contribution in [3.63, 3.8) is 0 Å². The van der Waals surface area contributed by atoms with E-state index in [1.807, 2.05) is 5.01 Å². The number of rotatable bonds is 2. The van der Waals surface area contributed by atoms with E-state index in [4.69, 9.17) is 0 Å². The molecular formula is C9H10FN3. The van der Waals surface area contributed by atoms with E-state index in [-0.39, 0.29) is 5.82 Å². The first-order chi connectivity index (χ1) is 6.31. The van der Waals surface area contributed by atoms with Crippen molar-refractivity contribution < 1.29 is 4.39 Å². The summed E-state index contributed by atoms with van der Waals surface area (Å²) in [6, 6.07) is 4.61. The predicted octanol–water partition coefficient (Wildman–Crippen LogP) is 1.66. The van der Waals surface area contributed by atoms with Crippen LogP contribution in [-0.4, -0.2) is 6.54 Å². The first-order valence-electron chi connectivity index (χ1n) is 4.01. The third-order valence-corrected chi connectivity index (χ3v) is 1.89. The highest BCUT2D eigenvalue weighted by atomic mass is 19.1. The average Bonchev–Trinajstić information content (AvgIpc) is 2.49. The number of nitrogens with zero attached hydrogens (tertiary/aromatic N) is 1. The topological polar surface area (TPSA) is 27.3 Å². The van der Waals surface area contributed by atoms with E-state index in [1.54, 1.807) is 12.1 Å². The normalized spacial score (nSPS) is 13.8. The van der Waals surface area contributed by atoms with Crippen molar-refractivity contribution in [2.75, 3.05) is 17.0 Å². The van der Waals surface area contributed by atoms with Crippen LogP contribution >= 0.6 is 0 Å². The van der Waals surface area contributed by atoms with Gasteiger partial charge in [0.15, 0.2) is 0 Å². The Balaban J connectivity index is 2.32. The van der Waals surface area contributed by atoms with E-state index in [1.165, 1.54) is 12.1 Å². The van der Waals surface area contributed by atoms with Gasteiger partial charge >= 0.3 is 0 Å². The van der Waals surface area contributed by atoms with Crippen LogP contribution in [0, 0.1) is 5.82 Å². The minimum atomic E-state index is -0.242. The first kappa shape index (κ1) is 8.07. The van der Waals surface area contributed by atoms with Gasteiger partial charge in [-0.25, -0.2) is 4.39 Å². The number of halogens is 1. The zero-order valence-electron chi connectivity index (χ0n) is 7.05.